The van der Waals surface area contributed by atoms with E-state index in [2.05, 4.69) is 6.92 Å². The minimum Gasteiger partial charge on any atom is -0.381 e. The van der Waals surface area contributed by atoms with Gasteiger partial charge in [-0.05, 0) is 44.4 Å². The first kappa shape index (κ1) is 14.8. The topological polar surface area (TPSA) is 55.6 Å². The number of hydrogen-bond donors (Lipinski definition) is 1. The number of methoxy groups -OCH3 is 1. The maximum Gasteiger partial charge on any atom is 0.230 e. The lowest BCUT2D eigenvalue weighted by Crippen LogP contribution is -2.52. The number of hydrogen-bond acceptors (Lipinski definition) is 3. The highest BCUT2D eigenvalue weighted by molar-refractivity contribution is 5.83. The molecule has 0 radical (unpaired) electrons. The molecule has 0 atom stereocenters. The van der Waals surface area contributed by atoms with E-state index >= 15 is 0 Å². The van der Waals surface area contributed by atoms with Gasteiger partial charge in [0.2, 0.25) is 5.91 Å². The Kier molecular flexibility index (Phi) is 4.85. The maximum absolute atomic E-state index is 12.8. The second-order valence-electron chi connectivity index (χ2n) is 6.39. The molecule has 1 heterocycles. The molecule has 0 aromatic carbocycles. The normalized spacial score (nSPS) is 33.4. The van der Waals surface area contributed by atoms with Gasteiger partial charge >= 0.3 is 0 Å². The average molecular weight is 268 g/mol. The molecule has 0 unspecified atom stereocenters. The Morgan fingerprint density at radius 1 is 1.26 bits per heavy atom. The Morgan fingerprint density at radius 3 is 2.32 bits per heavy atom. The molecule has 2 aliphatic rings. The molecule has 0 spiro atoms. The smallest absolute Gasteiger partial charge is 0.230 e. The molecule has 4 nitrogen and oxygen atoms in total. The first-order valence-electron chi connectivity index (χ1n) is 7.63. The summed E-state index contributed by atoms with van der Waals surface area (Å²) < 4.78 is 5.37. The van der Waals surface area contributed by atoms with Crippen LogP contribution in [0, 0.1) is 11.3 Å². The third-order valence-corrected chi connectivity index (χ3v) is 5.14. The minimum absolute atomic E-state index is 0.271. The summed E-state index contributed by atoms with van der Waals surface area (Å²) in [5.74, 6) is 1.04. The van der Waals surface area contributed by atoms with Crippen LogP contribution in [0.3, 0.4) is 0 Å². The van der Waals surface area contributed by atoms with E-state index in [1.165, 1.54) is 0 Å². The number of nitrogens with zero attached hydrogens (tertiary/aromatic N) is 1. The lowest BCUT2D eigenvalue weighted by molar-refractivity contribution is -0.146. The van der Waals surface area contributed by atoms with Crippen molar-refractivity contribution in [3.63, 3.8) is 0 Å². The zero-order valence-corrected chi connectivity index (χ0v) is 12.4. The number of rotatable bonds is 3. The van der Waals surface area contributed by atoms with Crippen LogP contribution < -0.4 is 5.73 Å². The number of likely N-dealkylation sites (tertiary alicyclic amines) is 1. The summed E-state index contributed by atoms with van der Waals surface area (Å²) in [6.45, 7) is 4.43. The van der Waals surface area contributed by atoms with Crippen molar-refractivity contribution in [3.8, 4) is 0 Å². The van der Waals surface area contributed by atoms with Gasteiger partial charge in [-0.15, -0.1) is 0 Å². The highest BCUT2D eigenvalue weighted by atomic mass is 16.5. The van der Waals surface area contributed by atoms with Crippen LogP contribution in [0.4, 0.5) is 0 Å². The van der Waals surface area contributed by atoms with Crippen LogP contribution >= 0.6 is 0 Å². The van der Waals surface area contributed by atoms with Crippen molar-refractivity contribution in [2.75, 3.05) is 26.7 Å². The number of amides is 1. The van der Waals surface area contributed by atoms with Gasteiger partial charge in [-0.2, -0.15) is 0 Å². The zero-order valence-electron chi connectivity index (χ0n) is 12.4. The Hall–Kier alpha value is -0.610. The Bertz CT molecular complexity index is 303. The lowest BCUT2D eigenvalue weighted by Gasteiger charge is -2.42. The van der Waals surface area contributed by atoms with Crippen molar-refractivity contribution in [2.45, 2.75) is 51.6 Å². The second-order valence-corrected chi connectivity index (χ2v) is 6.39. The third kappa shape index (κ3) is 3.11. The van der Waals surface area contributed by atoms with Crippen LogP contribution in [0.15, 0.2) is 0 Å². The fourth-order valence-corrected chi connectivity index (χ4v) is 3.45. The van der Waals surface area contributed by atoms with Gasteiger partial charge in [-0.25, -0.2) is 0 Å². The standard InChI is InChI=1S/C15H28N2O2/c1-12-3-7-15(11-16,8-4-12)14(18)17-9-5-13(19-2)6-10-17/h12-13H,3-11,16H2,1-2H3. The van der Waals surface area contributed by atoms with Crippen LogP contribution in [0.2, 0.25) is 0 Å². The van der Waals surface area contributed by atoms with Crippen molar-refractivity contribution in [1.29, 1.82) is 0 Å². The van der Waals surface area contributed by atoms with Crippen molar-refractivity contribution in [1.82, 2.24) is 4.90 Å². The lowest BCUT2D eigenvalue weighted by atomic mass is 9.70. The van der Waals surface area contributed by atoms with Gasteiger partial charge < -0.3 is 15.4 Å². The molecule has 2 rings (SSSR count). The summed E-state index contributed by atoms with van der Waals surface area (Å²) in [5.41, 5.74) is 5.70. The molecule has 0 aromatic heterocycles. The zero-order chi connectivity index (χ0) is 13.9. The number of carbonyl (C=O) groups excluding carboxylic acids is 1. The van der Waals surface area contributed by atoms with Gasteiger partial charge in [0.1, 0.15) is 0 Å². The van der Waals surface area contributed by atoms with Gasteiger partial charge in [0.15, 0.2) is 0 Å². The Balaban J connectivity index is 1.97. The number of ether oxygens (including phenoxy) is 1. The summed E-state index contributed by atoms with van der Waals surface area (Å²) in [5, 5.41) is 0. The highest BCUT2D eigenvalue weighted by Crippen LogP contribution is 2.40. The van der Waals surface area contributed by atoms with Crippen molar-refractivity contribution < 1.29 is 9.53 Å². The van der Waals surface area contributed by atoms with E-state index in [0.29, 0.717) is 18.6 Å². The molecule has 0 bridgehead atoms. The molecule has 19 heavy (non-hydrogen) atoms. The summed E-state index contributed by atoms with van der Waals surface area (Å²) in [7, 11) is 1.76. The van der Waals surface area contributed by atoms with E-state index in [0.717, 1.165) is 57.5 Å². The number of piperidine rings is 1. The molecule has 1 aliphatic carbocycles. The summed E-state index contributed by atoms with van der Waals surface area (Å²) in [4.78, 5) is 14.8. The van der Waals surface area contributed by atoms with E-state index in [9.17, 15) is 4.79 Å². The van der Waals surface area contributed by atoms with Crippen LogP contribution in [-0.4, -0.2) is 43.7 Å². The quantitative estimate of drug-likeness (QED) is 0.849. The first-order chi connectivity index (χ1) is 9.11. The van der Waals surface area contributed by atoms with E-state index < -0.39 is 0 Å². The summed E-state index contributed by atoms with van der Waals surface area (Å²) in [6, 6.07) is 0. The van der Waals surface area contributed by atoms with Crippen LogP contribution in [0.5, 0.6) is 0 Å². The molecule has 0 aromatic rings. The molecule has 110 valence electrons. The maximum atomic E-state index is 12.8. The van der Waals surface area contributed by atoms with E-state index in [1.807, 2.05) is 4.90 Å². The van der Waals surface area contributed by atoms with Crippen molar-refractivity contribution >= 4 is 5.91 Å². The number of carbonyl (C=O) groups is 1. The van der Waals surface area contributed by atoms with Crippen LogP contribution in [-0.2, 0) is 9.53 Å². The van der Waals surface area contributed by atoms with E-state index in [-0.39, 0.29) is 5.41 Å². The molecule has 1 amide bonds. The summed E-state index contributed by atoms with van der Waals surface area (Å²) >= 11 is 0. The van der Waals surface area contributed by atoms with Crippen LogP contribution in [0.1, 0.15) is 45.4 Å². The molecular weight excluding hydrogens is 240 g/mol. The van der Waals surface area contributed by atoms with Gasteiger partial charge in [0.05, 0.1) is 11.5 Å². The predicted molar refractivity (Wildman–Crippen MR) is 75.7 cm³/mol. The minimum atomic E-state index is -0.271. The van der Waals surface area contributed by atoms with Crippen LogP contribution in [0.25, 0.3) is 0 Å². The fourth-order valence-electron chi connectivity index (χ4n) is 3.45. The largest absolute Gasteiger partial charge is 0.381 e. The molecule has 4 heteroatoms. The van der Waals surface area contributed by atoms with Gasteiger partial charge in [-0.3, -0.25) is 4.79 Å². The average Bonchev–Trinajstić information content (AvgIpc) is 2.48. The predicted octanol–water partition coefficient (Wildman–Crippen LogP) is 1.78. The molecular formula is C15H28N2O2. The molecule has 2 fully saturated rings. The molecule has 1 saturated heterocycles. The first-order valence-corrected chi connectivity index (χ1v) is 7.63. The van der Waals surface area contributed by atoms with Crippen molar-refractivity contribution in [2.24, 2.45) is 17.1 Å². The monoisotopic (exact) mass is 268 g/mol. The molecule has 1 aliphatic heterocycles. The van der Waals surface area contributed by atoms with E-state index in [4.69, 9.17) is 10.5 Å². The Morgan fingerprint density at radius 2 is 1.84 bits per heavy atom. The highest BCUT2D eigenvalue weighted by Gasteiger charge is 2.42. The Labute approximate surface area is 116 Å². The van der Waals surface area contributed by atoms with Crippen molar-refractivity contribution in [3.05, 3.63) is 0 Å². The van der Waals surface area contributed by atoms with Gasteiger partial charge in [-0.1, -0.05) is 6.92 Å². The molecule has 2 N–H and O–H groups in total. The van der Waals surface area contributed by atoms with E-state index in [1.54, 1.807) is 7.11 Å². The third-order valence-electron chi connectivity index (χ3n) is 5.14. The SMILES string of the molecule is COC1CCN(C(=O)C2(CN)CCC(C)CC2)CC1. The van der Waals surface area contributed by atoms with Gasteiger partial charge in [0, 0.05) is 26.7 Å². The molecule has 1 saturated carbocycles. The second kappa shape index (κ2) is 6.23. The fraction of sp³-hybridized carbons (Fsp3) is 0.933. The summed E-state index contributed by atoms with van der Waals surface area (Å²) in [6.07, 6.45) is 6.44. The van der Waals surface area contributed by atoms with Gasteiger partial charge in [0.25, 0.3) is 0 Å². The number of nitrogens with two attached hydrogens (primary N) is 1.